The predicted molar refractivity (Wildman–Crippen MR) is 133 cm³/mol. The molecule has 188 valence electrons. The number of nitrogens with zero attached hydrogens (tertiary/aromatic N) is 3. The van der Waals surface area contributed by atoms with E-state index >= 15 is 0 Å². The Bertz CT molecular complexity index is 1200. The van der Waals surface area contributed by atoms with Gasteiger partial charge in [0.05, 0.1) is 24.6 Å². The number of rotatable bonds is 7. The minimum atomic E-state index is -4.43. The number of hydrazone groups is 1. The third kappa shape index (κ3) is 6.42. The maximum Gasteiger partial charge on any atom is 0.416 e. The summed E-state index contributed by atoms with van der Waals surface area (Å²) < 4.78 is 43.9. The van der Waals surface area contributed by atoms with Gasteiger partial charge < -0.3 is 9.64 Å². The third-order valence-electron chi connectivity index (χ3n) is 6.01. The SMILES string of the molecule is COc1ccccc1N1CCN(Cc2ccc(C(=O)N/N=C\c3cccc(C(F)(F)F)c3)cc2)CC1. The number of amides is 1. The van der Waals surface area contributed by atoms with E-state index in [0.717, 1.165) is 61.9 Å². The van der Waals surface area contributed by atoms with E-state index in [4.69, 9.17) is 4.74 Å². The number of piperazine rings is 1. The lowest BCUT2D eigenvalue weighted by Crippen LogP contribution is -2.46. The van der Waals surface area contributed by atoms with E-state index in [9.17, 15) is 18.0 Å². The molecule has 1 aliphatic heterocycles. The molecule has 6 nitrogen and oxygen atoms in total. The lowest BCUT2D eigenvalue weighted by atomic mass is 10.1. The molecule has 3 aromatic carbocycles. The van der Waals surface area contributed by atoms with Crippen molar-refractivity contribution in [1.82, 2.24) is 10.3 Å². The number of hydrogen-bond acceptors (Lipinski definition) is 5. The molecule has 1 aliphatic rings. The molecule has 0 bridgehead atoms. The molecule has 0 atom stereocenters. The van der Waals surface area contributed by atoms with Crippen LogP contribution >= 0.6 is 0 Å². The van der Waals surface area contributed by atoms with Crippen LogP contribution in [0.15, 0.2) is 77.9 Å². The molecule has 0 spiro atoms. The van der Waals surface area contributed by atoms with Gasteiger partial charge in [-0.25, -0.2) is 5.43 Å². The fourth-order valence-corrected chi connectivity index (χ4v) is 4.08. The van der Waals surface area contributed by atoms with Crippen molar-refractivity contribution in [2.24, 2.45) is 5.10 Å². The molecule has 36 heavy (non-hydrogen) atoms. The zero-order chi connectivity index (χ0) is 25.5. The summed E-state index contributed by atoms with van der Waals surface area (Å²) in [6, 6.07) is 20.0. The van der Waals surface area contributed by atoms with Crippen LogP contribution in [-0.2, 0) is 12.7 Å². The van der Waals surface area contributed by atoms with Gasteiger partial charge in [-0.3, -0.25) is 9.69 Å². The van der Waals surface area contributed by atoms with Crippen LogP contribution in [0.3, 0.4) is 0 Å². The highest BCUT2D eigenvalue weighted by Gasteiger charge is 2.30. The molecule has 1 amide bonds. The highest BCUT2D eigenvalue weighted by atomic mass is 19.4. The Kier molecular flexibility index (Phi) is 7.90. The number of nitrogens with one attached hydrogen (secondary N) is 1. The summed E-state index contributed by atoms with van der Waals surface area (Å²) in [5.41, 5.74) is 4.44. The van der Waals surface area contributed by atoms with Gasteiger partial charge in [0.1, 0.15) is 5.75 Å². The Morgan fingerprint density at radius 2 is 1.72 bits per heavy atom. The van der Waals surface area contributed by atoms with Gasteiger partial charge in [0.25, 0.3) is 5.91 Å². The number of methoxy groups -OCH3 is 1. The van der Waals surface area contributed by atoms with E-state index in [1.807, 2.05) is 30.3 Å². The van der Waals surface area contributed by atoms with Gasteiger partial charge in [0.15, 0.2) is 0 Å². The van der Waals surface area contributed by atoms with Gasteiger partial charge in [0, 0.05) is 38.3 Å². The third-order valence-corrected chi connectivity index (χ3v) is 6.01. The first-order valence-corrected chi connectivity index (χ1v) is 11.5. The van der Waals surface area contributed by atoms with Crippen LogP contribution in [0.25, 0.3) is 0 Å². The molecule has 0 unspecified atom stereocenters. The number of para-hydroxylation sites is 2. The summed E-state index contributed by atoms with van der Waals surface area (Å²) in [6.45, 7) is 4.37. The number of halogens is 3. The van der Waals surface area contributed by atoms with E-state index in [-0.39, 0.29) is 5.56 Å². The number of carbonyl (C=O) groups is 1. The molecule has 0 aromatic heterocycles. The minimum absolute atomic E-state index is 0.242. The standard InChI is InChI=1S/C27H27F3N4O2/c1-36-25-8-3-2-7-24(25)34-15-13-33(14-16-34)19-20-9-11-22(12-10-20)26(35)32-31-18-21-5-4-6-23(17-21)27(28,29)30/h2-12,17-18H,13-16,19H2,1H3,(H,32,35)/b31-18-. The number of benzene rings is 3. The predicted octanol–water partition coefficient (Wildman–Crippen LogP) is 4.80. The first kappa shape index (κ1) is 25.2. The molecule has 3 aromatic rings. The van der Waals surface area contributed by atoms with Crippen molar-refractivity contribution in [3.8, 4) is 5.75 Å². The molecular weight excluding hydrogens is 469 g/mol. The Labute approximate surface area is 208 Å². The molecular formula is C27H27F3N4O2. The van der Waals surface area contributed by atoms with E-state index < -0.39 is 17.6 Å². The van der Waals surface area contributed by atoms with Crippen LogP contribution < -0.4 is 15.1 Å². The van der Waals surface area contributed by atoms with Gasteiger partial charge in [-0.05, 0) is 47.5 Å². The van der Waals surface area contributed by atoms with Crippen LogP contribution in [-0.4, -0.2) is 50.3 Å². The lowest BCUT2D eigenvalue weighted by molar-refractivity contribution is -0.137. The maximum atomic E-state index is 12.8. The topological polar surface area (TPSA) is 57.2 Å². The van der Waals surface area contributed by atoms with Crippen LogP contribution in [0.4, 0.5) is 18.9 Å². The molecule has 0 radical (unpaired) electrons. The molecule has 1 heterocycles. The second-order valence-corrected chi connectivity index (χ2v) is 8.45. The van der Waals surface area contributed by atoms with E-state index in [1.54, 1.807) is 19.2 Å². The fraction of sp³-hybridized carbons (Fsp3) is 0.259. The highest BCUT2D eigenvalue weighted by Crippen LogP contribution is 2.30. The normalized spacial score (nSPS) is 14.7. The Morgan fingerprint density at radius 1 is 1.00 bits per heavy atom. The summed E-state index contributed by atoms with van der Waals surface area (Å²) in [7, 11) is 1.68. The molecule has 4 rings (SSSR count). The minimum Gasteiger partial charge on any atom is -0.495 e. The number of anilines is 1. The van der Waals surface area contributed by atoms with Crippen molar-refractivity contribution in [1.29, 1.82) is 0 Å². The van der Waals surface area contributed by atoms with E-state index in [0.29, 0.717) is 5.56 Å². The number of ether oxygens (including phenoxy) is 1. The van der Waals surface area contributed by atoms with E-state index in [1.165, 1.54) is 18.3 Å². The molecule has 0 saturated carbocycles. The smallest absolute Gasteiger partial charge is 0.416 e. The second-order valence-electron chi connectivity index (χ2n) is 8.45. The average molecular weight is 497 g/mol. The Hall–Kier alpha value is -3.85. The van der Waals surface area contributed by atoms with Crippen LogP contribution in [0, 0.1) is 0 Å². The number of alkyl halides is 3. The summed E-state index contributed by atoms with van der Waals surface area (Å²) in [4.78, 5) is 17.0. The zero-order valence-electron chi connectivity index (χ0n) is 19.8. The molecule has 9 heteroatoms. The maximum absolute atomic E-state index is 12.8. The monoisotopic (exact) mass is 496 g/mol. The average Bonchev–Trinajstić information content (AvgIpc) is 2.89. The summed E-state index contributed by atoms with van der Waals surface area (Å²) in [5, 5.41) is 3.79. The van der Waals surface area contributed by atoms with Gasteiger partial charge in [-0.1, -0.05) is 36.4 Å². The van der Waals surface area contributed by atoms with Crippen molar-refractivity contribution in [3.63, 3.8) is 0 Å². The fourth-order valence-electron chi connectivity index (χ4n) is 4.08. The molecule has 1 saturated heterocycles. The summed E-state index contributed by atoms with van der Waals surface area (Å²) >= 11 is 0. The molecule has 0 aliphatic carbocycles. The number of hydrogen-bond donors (Lipinski definition) is 1. The van der Waals surface area contributed by atoms with Gasteiger partial charge in [-0.15, -0.1) is 0 Å². The van der Waals surface area contributed by atoms with Crippen LogP contribution in [0.2, 0.25) is 0 Å². The van der Waals surface area contributed by atoms with Gasteiger partial charge in [0.2, 0.25) is 0 Å². The molecule has 1 fully saturated rings. The Morgan fingerprint density at radius 3 is 2.42 bits per heavy atom. The van der Waals surface area contributed by atoms with Crippen LogP contribution in [0.5, 0.6) is 5.75 Å². The second kappa shape index (κ2) is 11.3. The Balaban J connectivity index is 1.27. The summed E-state index contributed by atoms with van der Waals surface area (Å²) in [5.74, 6) is 0.439. The largest absolute Gasteiger partial charge is 0.495 e. The zero-order valence-corrected chi connectivity index (χ0v) is 19.8. The highest BCUT2D eigenvalue weighted by molar-refractivity contribution is 5.94. The van der Waals surface area contributed by atoms with Crippen molar-refractivity contribution in [3.05, 3.63) is 95.1 Å². The lowest BCUT2D eigenvalue weighted by Gasteiger charge is -2.36. The van der Waals surface area contributed by atoms with Crippen molar-refractivity contribution in [2.45, 2.75) is 12.7 Å². The van der Waals surface area contributed by atoms with E-state index in [2.05, 4.69) is 26.4 Å². The summed E-state index contributed by atoms with van der Waals surface area (Å²) in [6.07, 6.45) is -3.25. The van der Waals surface area contributed by atoms with Crippen molar-refractivity contribution < 1.29 is 22.7 Å². The first-order valence-electron chi connectivity index (χ1n) is 11.5. The quantitative estimate of drug-likeness (QED) is 0.377. The first-order chi connectivity index (χ1) is 17.3. The molecule has 1 N–H and O–H groups in total. The van der Waals surface area contributed by atoms with Gasteiger partial charge >= 0.3 is 6.18 Å². The van der Waals surface area contributed by atoms with Gasteiger partial charge in [-0.2, -0.15) is 18.3 Å². The number of carbonyl (C=O) groups excluding carboxylic acids is 1. The van der Waals surface area contributed by atoms with Crippen molar-refractivity contribution in [2.75, 3.05) is 38.2 Å². The van der Waals surface area contributed by atoms with Crippen LogP contribution in [0.1, 0.15) is 27.0 Å². The van der Waals surface area contributed by atoms with Crippen molar-refractivity contribution >= 4 is 17.8 Å².